The van der Waals surface area contributed by atoms with Gasteiger partial charge in [-0.15, -0.1) is 0 Å². The van der Waals surface area contributed by atoms with Crippen molar-refractivity contribution in [3.8, 4) is 0 Å². The predicted molar refractivity (Wildman–Crippen MR) is 102 cm³/mol. The minimum absolute atomic E-state index is 0.00274. The van der Waals surface area contributed by atoms with E-state index in [0.717, 1.165) is 13.1 Å². The first-order valence-corrected chi connectivity index (χ1v) is 10.4. The Morgan fingerprint density at radius 3 is 2.63 bits per heavy atom. The van der Waals surface area contributed by atoms with Crippen molar-refractivity contribution in [2.75, 3.05) is 53.6 Å². The Balaban J connectivity index is 2.15. The maximum atomic E-state index is 13.0. The van der Waals surface area contributed by atoms with Gasteiger partial charge >= 0.3 is 0 Å². The minimum Gasteiger partial charge on any atom is -0.396 e. The van der Waals surface area contributed by atoms with Crippen LogP contribution >= 0.6 is 0 Å². The number of methoxy groups -OCH3 is 1. The highest BCUT2D eigenvalue weighted by Gasteiger charge is 2.36. The van der Waals surface area contributed by atoms with Crippen LogP contribution in [-0.4, -0.2) is 82.8 Å². The average molecular weight is 400 g/mol. The summed E-state index contributed by atoms with van der Waals surface area (Å²) in [6.07, 6.45) is 0. The van der Waals surface area contributed by atoms with Gasteiger partial charge in [-0.1, -0.05) is 6.07 Å². The molecule has 152 valence electrons. The second-order valence-electron chi connectivity index (χ2n) is 7.19. The summed E-state index contributed by atoms with van der Waals surface area (Å²) in [5, 5.41) is 14.9. The van der Waals surface area contributed by atoms with Gasteiger partial charge in [0.15, 0.2) is 0 Å². The lowest BCUT2D eigenvalue weighted by Crippen LogP contribution is -2.34. The van der Waals surface area contributed by atoms with Crippen molar-refractivity contribution in [3.05, 3.63) is 29.3 Å². The summed E-state index contributed by atoms with van der Waals surface area (Å²) in [6.45, 7) is 4.86. The first-order chi connectivity index (χ1) is 12.7. The number of aryl methyl sites for hydroxylation is 1. The monoisotopic (exact) mass is 399 g/mol. The lowest BCUT2D eigenvalue weighted by atomic mass is 9.96. The number of sulfonamides is 1. The molecule has 0 saturated carbocycles. The molecule has 1 aromatic rings. The largest absolute Gasteiger partial charge is 0.396 e. The third-order valence-corrected chi connectivity index (χ3v) is 6.00. The molecule has 0 spiro atoms. The molecule has 0 bridgehead atoms. The Bertz CT molecular complexity index is 768. The number of benzene rings is 1. The van der Waals surface area contributed by atoms with Gasteiger partial charge in [-0.25, -0.2) is 13.6 Å². The van der Waals surface area contributed by atoms with Gasteiger partial charge in [-0.05, 0) is 37.6 Å². The molecule has 1 amide bonds. The second-order valence-corrected chi connectivity index (χ2v) is 8.75. The maximum absolute atomic E-state index is 13.0. The third kappa shape index (κ3) is 5.49. The van der Waals surface area contributed by atoms with Gasteiger partial charge in [0, 0.05) is 51.4 Å². The molecule has 3 N–H and O–H groups in total. The molecule has 1 aromatic carbocycles. The van der Waals surface area contributed by atoms with E-state index in [4.69, 9.17) is 9.88 Å². The van der Waals surface area contributed by atoms with Crippen molar-refractivity contribution in [2.45, 2.75) is 11.8 Å². The van der Waals surface area contributed by atoms with E-state index in [1.54, 1.807) is 25.0 Å². The van der Waals surface area contributed by atoms with E-state index < -0.39 is 10.0 Å². The molecule has 1 aliphatic rings. The first-order valence-electron chi connectivity index (χ1n) is 8.88. The highest BCUT2D eigenvalue weighted by molar-refractivity contribution is 7.89. The van der Waals surface area contributed by atoms with Gasteiger partial charge in [0.1, 0.15) is 0 Å². The molecule has 1 fully saturated rings. The Kier molecular flexibility index (Phi) is 7.35. The molecule has 0 unspecified atom stereocenters. The van der Waals surface area contributed by atoms with Gasteiger partial charge in [0.2, 0.25) is 10.0 Å². The van der Waals surface area contributed by atoms with Crippen molar-refractivity contribution in [1.82, 2.24) is 9.80 Å². The Morgan fingerprint density at radius 1 is 1.37 bits per heavy atom. The van der Waals surface area contributed by atoms with Gasteiger partial charge in [0.05, 0.1) is 11.5 Å². The van der Waals surface area contributed by atoms with Crippen LogP contribution in [0.1, 0.15) is 15.9 Å². The molecular formula is C18H29N3O5S. The third-order valence-electron chi connectivity index (χ3n) is 5.09. The SMILES string of the molecule is COCCN(C)C[C@@H]1CN(C(=O)c2cc(S(N)(=O)=O)ccc2C)C[C@@H]1CO. The summed E-state index contributed by atoms with van der Waals surface area (Å²) in [5.74, 6) is -0.110. The summed E-state index contributed by atoms with van der Waals surface area (Å²) >= 11 is 0. The van der Waals surface area contributed by atoms with Crippen LogP contribution in [0.15, 0.2) is 23.1 Å². The zero-order valence-corrected chi connectivity index (χ0v) is 16.9. The molecule has 2 rings (SSSR count). The fourth-order valence-corrected chi connectivity index (χ4v) is 3.98. The van der Waals surface area contributed by atoms with Crippen LogP contribution in [-0.2, 0) is 14.8 Å². The van der Waals surface area contributed by atoms with Gasteiger partial charge in [-0.2, -0.15) is 0 Å². The molecule has 1 heterocycles. The Labute approximate surface area is 160 Å². The van der Waals surface area contributed by atoms with E-state index in [2.05, 4.69) is 4.90 Å². The zero-order valence-electron chi connectivity index (χ0n) is 16.1. The van der Waals surface area contributed by atoms with Gasteiger partial charge < -0.3 is 19.6 Å². The number of likely N-dealkylation sites (tertiary alicyclic amines) is 1. The number of aliphatic hydroxyl groups excluding tert-OH is 1. The Morgan fingerprint density at radius 2 is 2.04 bits per heavy atom. The Hall–Kier alpha value is -1.52. The molecule has 1 aliphatic heterocycles. The number of rotatable bonds is 8. The van der Waals surface area contributed by atoms with Crippen LogP contribution < -0.4 is 5.14 Å². The fraction of sp³-hybridized carbons (Fsp3) is 0.611. The number of ether oxygens (including phenoxy) is 1. The van der Waals surface area contributed by atoms with Gasteiger partial charge in [0.25, 0.3) is 5.91 Å². The van der Waals surface area contributed by atoms with E-state index in [1.165, 1.54) is 12.1 Å². The molecule has 8 nitrogen and oxygen atoms in total. The quantitative estimate of drug-likeness (QED) is 0.631. The summed E-state index contributed by atoms with van der Waals surface area (Å²) in [5.41, 5.74) is 1.01. The number of amides is 1. The fourth-order valence-electron chi connectivity index (χ4n) is 3.44. The first kappa shape index (κ1) is 21.8. The number of hydrogen-bond donors (Lipinski definition) is 2. The van der Waals surface area contributed by atoms with Crippen LogP contribution in [0.4, 0.5) is 0 Å². The molecule has 0 aromatic heterocycles. The minimum atomic E-state index is -3.88. The van der Waals surface area contributed by atoms with E-state index in [0.29, 0.717) is 30.8 Å². The van der Waals surface area contributed by atoms with E-state index in [9.17, 15) is 18.3 Å². The van der Waals surface area contributed by atoms with Crippen molar-refractivity contribution >= 4 is 15.9 Å². The van der Waals surface area contributed by atoms with Crippen LogP contribution in [0.3, 0.4) is 0 Å². The van der Waals surface area contributed by atoms with Crippen LogP contribution in [0, 0.1) is 18.8 Å². The molecule has 0 aliphatic carbocycles. The lowest BCUT2D eigenvalue weighted by molar-refractivity contribution is 0.0777. The summed E-state index contributed by atoms with van der Waals surface area (Å²) in [6, 6.07) is 4.32. The topological polar surface area (TPSA) is 113 Å². The maximum Gasteiger partial charge on any atom is 0.254 e. The van der Waals surface area contributed by atoms with E-state index in [-0.39, 0.29) is 29.2 Å². The number of primary sulfonamides is 1. The number of carbonyl (C=O) groups excluding carboxylic acids is 1. The van der Waals surface area contributed by atoms with Crippen molar-refractivity contribution in [1.29, 1.82) is 0 Å². The van der Waals surface area contributed by atoms with Crippen LogP contribution in [0.5, 0.6) is 0 Å². The number of nitrogens with two attached hydrogens (primary N) is 1. The molecule has 9 heteroatoms. The van der Waals surface area contributed by atoms with Crippen molar-refractivity contribution in [2.24, 2.45) is 17.0 Å². The molecule has 27 heavy (non-hydrogen) atoms. The molecular weight excluding hydrogens is 370 g/mol. The summed E-state index contributed by atoms with van der Waals surface area (Å²) < 4.78 is 28.3. The number of hydrogen-bond acceptors (Lipinski definition) is 6. The average Bonchev–Trinajstić information content (AvgIpc) is 3.01. The van der Waals surface area contributed by atoms with E-state index >= 15 is 0 Å². The normalized spacial score (nSPS) is 20.4. The van der Waals surface area contributed by atoms with Crippen molar-refractivity contribution < 1.29 is 23.1 Å². The molecule has 0 radical (unpaired) electrons. The number of nitrogens with zero attached hydrogens (tertiary/aromatic N) is 2. The van der Waals surface area contributed by atoms with Crippen molar-refractivity contribution in [3.63, 3.8) is 0 Å². The number of likely N-dealkylation sites (N-methyl/N-ethyl adjacent to an activating group) is 1. The number of aliphatic hydroxyl groups is 1. The van der Waals surface area contributed by atoms with E-state index in [1.807, 2.05) is 7.05 Å². The summed E-state index contributed by atoms with van der Waals surface area (Å²) in [4.78, 5) is 16.7. The van der Waals surface area contributed by atoms with Gasteiger partial charge in [-0.3, -0.25) is 4.79 Å². The zero-order chi connectivity index (χ0) is 20.2. The van der Waals surface area contributed by atoms with Crippen LogP contribution in [0.2, 0.25) is 0 Å². The summed E-state index contributed by atoms with van der Waals surface area (Å²) in [7, 11) is -0.244. The highest BCUT2D eigenvalue weighted by Crippen LogP contribution is 2.27. The lowest BCUT2D eigenvalue weighted by Gasteiger charge is -2.23. The smallest absolute Gasteiger partial charge is 0.254 e. The predicted octanol–water partition coefficient (Wildman–Crippen LogP) is -0.0989. The highest BCUT2D eigenvalue weighted by atomic mass is 32.2. The van der Waals surface area contributed by atoms with Crippen LogP contribution in [0.25, 0.3) is 0 Å². The second kappa shape index (κ2) is 9.11. The molecule has 2 atom stereocenters. The molecule has 1 saturated heterocycles. The standard InChI is InChI=1S/C18H29N3O5S/c1-13-4-5-16(27(19,24)25)8-17(13)18(23)21-10-14(15(11-21)12-22)9-20(2)6-7-26-3/h4-5,8,14-15,22H,6-7,9-12H2,1-3H3,(H2,19,24,25)/t14-,15-/m1/s1. The number of carbonyl (C=O) groups is 1.